The number of nitrogens with zero attached hydrogens (tertiary/aromatic N) is 1. The van der Waals surface area contributed by atoms with Crippen LogP contribution in [0.1, 0.15) is 24.5 Å². The molecule has 0 spiro atoms. The molecule has 3 aromatic rings. The minimum atomic E-state index is -4.32. The Kier molecular flexibility index (Phi) is 8.72. The summed E-state index contributed by atoms with van der Waals surface area (Å²) in [4.78, 5) is 1.95. The van der Waals surface area contributed by atoms with Crippen molar-refractivity contribution in [2.24, 2.45) is 0 Å². The molecule has 0 fully saturated rings. The Hall–Kier alpha value is -1.32. The van der Waals surface area contributed by atoms with Gasteiger partial charge in [-0.25, -0.2) is 4.39 Å². The number of hydrogen-bond acceptors (Lipinski definition) is 4. The van der Waals surface area contributed by atoms with Gasteiger partial charge in [-0.1, -0.05) is 35.3 Å². The quantitative estimate of drug-likeness (QED) is 0.400. The van der Waals surface area contributed by atoms with Gasteiger partial charge in [0.2, 0.25) is 0 Å². The van der Waals surface area contributed by atoms with Crippen molar-refractivity contribution in [1.29, 1.82) is 0 Å². The second-order valence-electron chi connectivity index (χ2n) is 7.53. The van der Waals surface area contributed by atoms with Crippen molar-refractivity contribution in [3.05, 3.63) is 87.2 Å². The van der Waals surface area contributed by atoms with Gasteiger partial charge in [0.05, 0.1) is 4.90 Å². The molecule has 0 saturated heterocycles. The first-order valence-corrected chi connectivity index (χ1v) is 12.1. The molecule has 1 aliphatic rings. The average molecular weight is 520 g/mol. The molecular formula is C23H21Cl2FNNaO4S. The van der Waals surface area contributed by atoms with E-state index in [1.54, 1.807) is 36.4 Å². The van der Waals surface area contributed by atoms with Gasteiger partial charge in [0.1, 0.15) is 18.2 Å². The third-order valence-electron chi connectivity index (χ3n) is 5.36. The van der Waals surface area contributed by atoms with Crippen LogP contribution in [0.5, 0.6) is 5.75 Å². The summed E-state index contributed by atoms with van der Waals surface area (Å²) in [6, 6.07) is 14.5. The van der Waals surface area contributed by atoms with Crippen LogP contribution in [0, 0.1) is 5.82 Å². The summed E-state index contributed by atoms with van der Waals surface area (Å²) in [6.45, 7) is 1.11. The van der Waals surface area contributed by atoms with Crippen molar-refractivity contribution in [2.75, 3.05) is 11.4 Å². The van der Waals surface area contributed by atoms with Gasteiger partial charge in [0.25, 0.3) is 10.1 Å². The Morgan fingerprint density at radius 3 is 2.52 bits per heavy atom. The minimum Gasteiger partial charge on any atom is -1.00 e. The number of benzene rings is 3. The molecule has 4 rings (SSSR count). The standard InChI is InChI=1S/C23H20Cl2FNO4S.Na.H/c24-17-8-9-22(31-14-15-6-7-18(25)12-20(15)26)16(11-17)13-27-10-2-3-19-21(27)4-1-5-23(19)32(28,29)30;;/h1,4-9,11-12H,2-3,10,13-14H2,(H,28,29,30);;/q;+1;-1. The first-order valence-electron chi connectivity index (χ1n) is 9.92. The predicted octanol–water partition coefficient (Wildman–Crippen LogP) is 3.03. The van der Waals surface area contributed by atoms with E-state index in [2.05, 4.69) is 0 Å². The smallest absolute Gasteiger partial charge is 1.00 e. The molecule has 0 bridgehead atoms. The molecule has 0 aliphatic carbocycles. The van der Waals surface area contributed by atoms with E-state index in [0.29, 0.717) is 46.4 Å². The van der Waals surface area contributed by atoms with Gasteiger partial charge < -0.3 is 11.1 Å². The van der Waals surface area contributed by atoms with E-state index >= 15 is 0 Å². The van der Waals surface area contributed by atoms with Gasteiger partial charge in [-0.2, -0.15) is 8.42 Å². The molecule has 1 N–H and O–H groups in total. The van der Waals surface area contributed by atoms with Crippen LogP contribution in [0.3, 0.4) is 0 Å². The Bertz CT molecular complexity index is 1280. The maximum absolute atomic E-state index is 14.1. The van der Waals surface area contributed by atoms with E-state index in [-0.39, 0.29) is 42.5 Å². The molecule has 0 saturated carbocycles. The molecule has 0 unspecified atom stereocenters. The van der Waals surface area contributed by atoms with Gasteiger partial charge in [-0.05, 0) is 60.9 Å². The van der Waals surface area contributed by atoms with E-state index in [9.17, 15) is 17.4 Å². The van der Waals surface area contributed by atoms with Crippen LogP contribution in [-0.4, -0.2) is 19.5 Å². The average Bonchev–Trinajstić information content (AvgIpc) is 2.73. The summed E-state index contributed by atoms with van der Waals surface area (Å²) in [5, 5.41) is 0.834. The van der Waals surface area contributed by atoms with Gasteiger partial charge in [0.15, 0.2) is 0 Å². The summed E-state index contributed by atoms with van der Waals surface area (Å²) >= 11 is 12.0. The second kappa shape index (κ2) is 11.0. The number of fused-ring (bicyclic) bond motifs is 1. The topological polar surface area (TPSA) is 66.8 Å². The number of halogens is 3. The molecule has 1 aliphatic heterocycles. The Labute approximate surface area is 226 Å². The van der Waals surface area contributed by atoms with Crippen molar-refractivity contribution >= 4 is 39.0 Å². The SMILES string of the molecule is O=S(=O)(O)c1cccc2c1CCCN2Cc1cc(Cl)ccc1OCc1ccc(Cl)cc1F.[H-].[Na+]. The molecule has 0 radical (unpaired) electrons. The van der Waals surface area contributed by atoms with Gasteiger partial charge in [-0.3, -0.25) is 4.55 Å². The van der Waals surface area contributed by atoms with E-state index < -0.39 is 15.9 Å². The van der Waals surface area contributed by atoms with Crippen LogP contribution in [0.4, 0.5) is 10.1 Å². The van der Waals surface area contributed by atoms with Crippen LogP contribution in [0.2, 0.25) is 10.0 Å². The molecule has 0 aromatic heterocycles. The fraction of sp³-hybridized carbons (Fsp3) is 0.217. The fourth-order valence-electron chi connectivity index (χ4n) is 3.89. The van der Waals surface area contributed by atoms with Gasteiger partial charge in [-0.15, -0.1) is 0 Å². The largest absolute Gasteiger partial charge is 1.00 e. The molecule has 3 aromatic carbocycles. The second-order valence-corrected chi connectivity index (χ2v) is 9.79. The zero-order valence-electron chi connectivity index (χ0n) is 18.9. The zero-order chi connectivity index (χ0) is 22.9. The molecule has 170 valence electrons. The van der Waals surface area contributed by atoms with Crippen molar-refractivity contribution in [2.45, 2.75) is 30.9 Å². The van der Waals surface area contributed by atoms with Crippen molar-refractivity contribution < 1.29 is 53.1 Å². The monoisotopic (exact) mass is 519 g/mol. The van der Waals surface area contributed by atoms with Gasteiger partial charge in [0, 0.05) is 39.9 Å². The molecule has 1 heterocycles. The van der Waals surface area contributed by atoms with Gasteiger partial charge >= 0.3 is 29.6 Å². The predicted molar refractivity (Wildman–Crippen MR) is 124 cm³/mol. The molecule has 33 heavy (non-hydrogen) atoms. The maximum Gasteiger partial charge on any atom is 1.00 e. The van der Waals surface area contributed by atoms with Crippen molar-refractivity contribution in [1.82, 2.24) is 0 Å². The van der Waals surface area contributed by atoms with Crippen molar-refractivity contribution in [3.63, 3.8) is 0 Å². The number of rotatable bonds is 6. The minimum absolute atomic E-state index is 0. The van der Waals surface area contributed by atoms with Crippen LogP contribution in [-0.2, 0) is 29.7 Å². The molecule has 5 nitrogen and oxygen atoms in total. The summed E-state index contributed by atoms with van der Waals surface area (Å²) in [6.07, 6.45) is 1.28. The summed E-state index contributed by atoms with van der Waals surface area (Å²) in [7, 11) is -4.32. The number of anilines is 1. The van der Waals surface area contributed by atoms with Crippen LogP contribution < -0.4 is 39.2 Å². The summed E-state index contributed by atoms with van der Waals surface area (Å²) < 4.78 is 53.2. The third-order valence-corrected chi connectivity index (χ3v) is 6.77. The van der Waals surface area contributed by atoms with E-state index in [1.807, 2.05) is 11.0 Å². The zero-order valence-corrected chi connectivity index (χ0v) is 22.2. The normalized spacial score (nSPS) is 13.3. The number of hydrogen-bond donors (Lipinski definition) is 1. The van der Waals surface area contributed by atoms with Crippen molar-refractivity contribution in [3.8, 4) is 5.75 Å². The summed E-state index contributed by atoms with van der Waals surface area (Å²) in [5.74, 6) is 0.0949. The van der Waals surface area contributed by atoms with Crippen LogP contribution in [0.25, 0.3) is 0 Å². The van der Waals surface area contributed by atoms with E-state index in [0.717, 1.165) is 17.7 Å². The molecule has 10 heteroatoms. The van der Waals surface area contributed by atoms with Crippen LogP contribution in [0.15, 0.2) is 59.5 Å². The number of ether oxygens (including phenoxy) is 1. The fourth-order valence-corrected chi connectivity index (χ4v) is 5.01. The Balaban J connectivity index is 0.00000204. The van der Waals surface area contributed by atoms with Crippen LogP contribution >= 0.6 is 23.2 Å². The summed E-state index contributed by atoms with van der Waals surface area (Å²) in [5.41, 5.74) is 2.48. The third kappa shape index (κ3) is 6.22. The Morgan fingerprint density at radius 1 is 1.06 bits per heavy atom. The maximum atomic E-state index is 14.1. The first kappa shape index (κ1) is 26.3. The first-order chi connectivity index (χ1) is 15.2. The molecule has 0 atom stereocenters. The Morgan fingerprint density at radius 2 is 1.79 bits per heavy atom. The molecular weight excluding hydrogens is 499 g/mol. The van der Waals surface area contributed by atoms with E-state index in [4.69, 9.17) is 27.9 Å². The molecule has 0 amide bonds. The van der Waals surface area contributed by atoms with E-state index in [1.165, 1.54) is 12.1 Å².